The van der Waals surface area contributed by atoms with Gasteiger partial charge in [0.15, 0.2) is 0 Å². The summed E-state index contributed by atoms with van der Waals surface area (Å²) in [7, 11) is 1.25. The van der Waals surface area contributed by atoms with Crippen molar-refractivity contribution in [3.8, 4) is 5.95 Å². The number of ether oxygens (including phenoxy) is 1. The molecule has 9 nitrogen and oxygen atoms in total. The molecule has 0 atom stereocenters. The first-order valence-corrected chi connectivity index (χ1v) is 9.09. The maximum absolute atomic E-state index is 12.8. The van der Waals surface area contributed by atoms with Crippen molar-refractivity contribution in [3.05, 3.63) is 69.3 Å². The minimum absolute atomic E-state index is 0.145. The van der Waals surface area contributed by atoms with Gasteiger partial charge in [0.1, 0.15) is 5.82 Å². The number of H-pyrrole nitrogens is 1. The van der Waals surface area contributed by atoms with Crippen LogP contribution in [0.4, 0.5) is 5.82 Å². The number of methoxy groups -OCH3 is 1. The Balaban J connectivity index is 1.98. The van der Waals surface area contributed by atoms with Gasteiger partial charge in [0, 0.05) is 17.8 Å². The first kappa shape index (κ1) is 20.0. The second-order valence-electron chi connectivity index (χ2n) is 6.38. The van der Waals surface area contributed by atoms with E-state index in [1.54, 1.807) is 25.1 Å². The molecule has 3 rings (SSSR count). The molecule has 1 amide bonds. The number of aromatic nitrogens is 4. The Morgan fingerprint density at radius 1 is 1.21 bits per heavy atom. The largest absolute Gasteiger partial charge is 0.465 e. The molecule has 0 aliphatic carbocycles. The molecule has 0 bridgehead atoms. The Morgan fingerprint density at radius 2 is 1.93 bits per heavy atom. The zero-order valence-corrected chi connectivity index (χ0v) is 16.4. The van der Waals surface area contributed by atoms with Gasteiger partial charge >= 0.3 is 5.97 Å². The highest BCUT2D eigenvalue weighted by Gasteiger charge is 2.19. The fourth-order valence-electron chi connectivity index (χ4n) is 2.88. The van der Waals surface area contributed by atoms with E-state index in [1.165, 1.54) is 30.0 Å². The Morgan fingerprint density at radius 3 is 2.62 bits per heavy atom. The quantitative estimate of drug-likeness (QED) is 0.618. The summed E-state index contributed by atoms with van der Waals surface area (Å²) in [4.78, 5) is 43.8. The molecule has 0 aliphatic heterocycles. The van der Waals surface area contributed by atoms with Crippen molar-refractivity contribution in [1.29, 1.82) is 0 Å². The number of nitrogens with one attached hydrogen (secondary N) is 2. The van der Waals surface area contributed by atoms with Gasteiger partial charge in [-0.25, -0.2) is 9.78 Å². The second kappa shape index (κ2) is 8.51. The van der Waals surface area contributed by atoms with Crippen molar-refractivity contribution in [1.82, 2.24) is 19.7 Å². The molecule has 0 fully saturated rings. The highest BCUT2D eigenvalue weighted by atomic mass is 16.5. The zero-order valence-electron chi connectivity index (χ0n) is 16.4. The molecular weight excluding hydrogens is 374 g/mol. The number of nitrogens with zero attached hydrogens (tertiary/aromatic N) is 3. The van der Waals surface area contributed by atoms with Crippen LogP contribution in [0, 0.1) is 6.92 Å². The third-order valence-corrected chi connectivity index (χ3v) is 4.14. The first-order chi connectivity index (χ1) is 13.9. The molecule has 29 heavy (non-hydrogen) atoms. The van der Waals surface area contributed by atoms with Crippen molar-refractivity contribution < 1.29 is 14.3 Å². The number of rotatable bonds is 6. The Kier molecular flexibility index (Phi) is 5.87. The number of esters is 1. The fraction of sp³-hybridized carbons (Fsp3) is 0.250. The number of anilines is 1. The summed E-state index contributed by atoms with van der Waals surface area (Å²) >= 11 is 0. The molecule has 2 aromatic heterocycles. The van der Waals surface area contributed by atoms with E-state index in [0.717, 1.165) is 6.42 Å². The highest BCUT2D eigenvalue weighted by Crippen LogP contribution is 2.17. The molecule has 150 valence electrons. The zero-order chi connectivity index (χ0) is 21.0. The SMILES string of the molecule is CCCc1cc(=O)[nH]c(-n2nc(C)cc2NC(=O)c2ccccc2C(=O)OC)n1. The van der Waals surface area contributed by atoms with Crippen molar-refractivity contribution in [2.75, 3.05) is 12.4 Å². The van der Waals surface area contributed by atoms with Crippen LogP contribution in [-0.2, 0) is 11.2 Å². The number of aryl methyl sites for hydroxylation is 2. The molecule has 9 heteroatoms. The molecular formula is C20H21N5O4. The smallest absolute Gasteiger partial charge is 0.338 e. The monoisotopic (exact) mass is 395 g/mol. The number of carbonyl (C=O) groups is 2. The molecule has 2 heterocycles. The third-order valence-electron chi connectivity index (χ3n) is 4.14. The van der Waals surface area contributed by atoms with E-state index < -0.39 is 11.9 Å². The fourth-order valence-corrected chi connectivity index (χ4v) is 2.88. The Labute approximate surface area is 166 Å². The third kappa shape index (κ3) is 4.40. The van der Waals surface area contributed by atoms with Crippen molar-refractivity contribution in [2.24, 2.45) is 0 Å². The van der Waals surface area contributed by atoms with E-state index in [2.05, 4.69) is 20.4 Å². The lowest BCUT2D eigenvalue weighted by atomic mass is 10.1. The molecule has 3 aromatic rings. The molecule has 1 aromatic carbocycles. The summed E-state index contributed by atoms with van der Waals surface area (Å²) in [6.07, 6.45) is 1.48. The van der Waals surface area contributed by atoms with Crippen molar-refractivity contribution >= 4 is 17.7 Å². The van der Waals surface area contributed by atoms with Gasteiger partial charge in [0.2, 0.25) is 5.95 Å². The van der Waals surface area contributed by atoms with Crippen LogP contribution in [0.1, 0.15) is 45.4 Å². The summed E-state index contributed by atoms with van der Waals surface area (Å²) in [6, 6.07) is 9.41. The van der Waals surface area contributed by atoms with Crippen molar-refractivity contribution in [3.63, 3.8) is 0 Å². The van der Waals surface area contributed by atoms with Crippen LogP contribution in [-0.4, -0.2) is 38.7 Å². The topological polar surface area (TPSA) is 119 Å². The number of carbonyl (C=O) groups excluding carboxylic acids is 2. The van der Waals surface area contributed by atoms with Crippen LogP contribution in [0.25, 0.3) is 5.95 Å². The van der Waals surface area contributed by atoms with Gasteiger partial charge in [-0.2, -0.15) is 9.78 Å². The van der Waals surface area contributed by atoms with Crippen LogP contribution in [0.15, 0.2) is 41.2 Å². The molecule has 0 saturated heterocycles. The molecule has 0 spiro atoms. The van der Waals surface area contributed by atoms with E-state index in [-0.39, 0.29) is 22.6 Å². The second-order valence-corrected chi connectivity index (χ2v) is 6.38. The summed E-state index contributed by atoms with van der Waals surface area (Å²) in [5.41, 5.74) is 1.25. The van der Waals surface area contributed by atoms with E-state index in [1.807, 2.05) is 6.92 Å². The van der Waals surface area contributed by atoms with Gasteiger partial charge < -0.3 is 10.1 Å². The van der Waals surface area contributed by atoms with E-state index in [9.17, 15) is 14.4 Å². The number of benzene rings is 1. The summed E-state index contributed by atoms with van der Waals surface area (Å²) in [5, 5.41) is 7.05. The maximum Gasteiger partial charge on any atom is 0.338 e. The van der Waals surface area contributed by atoms with Crippen molar-refractivity contribution in [2.45, 2.75) is 26.7 Å². The predicted molar refractivity (Wildman–Crippen MR) is 106 cm³/mol. The van der Waals surface area contributed by atoms with E-state index in [4.69, 9.17) is 4.74 Å². The molecule has 0 aliphatic rings. The predicted octanol–water partition coefficient (Wildman–Crippen LogP) is 2.26. The lowest BCUT2D eigenvalue weighted by Gasteiger charge is -2.11. The minimum Gasteiger partial charge on any atom is -0.465 e. The van der Waals surface area contributed by atoms with Gasteiger partial charge in [-0.1, -0.05) is 25.5 Å². The molecule has 0 saturated carbocycles. The van der Waals surface area contributed by atoms with Gasteiger partial charge in [-0.15, -0.1) is 0 Å². The average molecular weight is 395 g/mol. The number of hydrogen-bond donors (Lipinski definition) is 2. The number of aromatic amines is 1. The molecule has 0 unspecified atom stereocenters. The van der Waals surface area contributed by atoms with Crippen LogP contribution in [0.2, 0.25) is 0 Å². The van der Waals surface area contributed by atoms with Crippen LogP contribution in [0.5, 0.6) is 0 Å². The van der Waals surface area contributed by atoms with Crippen LogP contribution >= 0.6 is 0 Å². The van der Waals surface area contributed by atoms with Gasteiger partial charge in [0.05, 0.1) is 23.9 Å². The van der Waals surface area contributed by atoms with Crippen LogP contribution < -0.4 is 10.9 Å². The van der Waals surface area contributed by atoms with Crippen LogP contribution in [0.3, 0.4) is 0 Å². The number of hydrogen-bond acceptors (Lipinski definition) is 6. The number of amides is 1. The Hall–Kier alpha value is -3.75. The average Bonchev–Trinajstić information content (AvgIpc) is 3.07. The van der Waals surface area contributed by atoms with Gasteiger partial charge in [-0.3, -0.25) is 14.6 Å². The highest BCUT2D eigenvalue weighted by molar-refractivity contribution is 6.10. The first-order valence-electron chi connectivity index (χ1n) is 9.09. The Bertz CT molecular complexity index is 1120. The van der Waals surface area contributed by atoms with E-state index in [0.29, 0.717) is 23.6 Å². The molecule has 0 radical (unpaired) electrons. The minimum atomic E-state index is -0.612. The summed E-state index contributed by atoms with van der Waals surface area (Å²) in [5.74, 6) is -0.618. The lowest BCUT2D eigenvalue weighted by molar-refractivity contribution is 0.0597. The standard InChI is InChI=1S/C20H21N5O4/c1-4-7-13-11-17(26)23-20(21-13)25-16(10-12(2)24-25)22-18(27)14-8-5-6-9-15(14)19(28)29-3/h5-6,8-11H,4,7H2,1-3H3,(H,22,27)(H,21,23,26). The normalized spacial score (nSPS) is 10.6. The summed E-state index contributed by atoms with van der Waals surface area (Å²) < 4.78 is 6.09. The lowest BCUT2D eigenvalue weighted by Crippen LogP contribution is -2.21. The van der Waals surface area contributed by atoms with Gasteiger partial charge in [0.25, 0.3) is 11.5 Å². The van der Waals surface area contributed by atoms with E-state index >= 15 is 0 Å². The summed E-state index contributed by atoms with van der Waals surface area (Å²) in [6.45, 7) is 3.74. The van der Waals surface area contributed by atoms with Gasteiger partial charge in [-0.05, 0) is 25.5 Å². The maximum atomic E-state index is 12.8. The molecule has 2 N–H and O–H groups in total.